The third-order valence-electron chi connectivity index (χ3n) is 3.03. The van der Waals surface area contributed by atoms with Crippen LogP contribution in [0.15, 0.2) is 4.52 Å². The first-order valence-corrected chi connectivity index (χ1v) is 5.73. The van der Waals surface area contributed by atoms with Crippen molar-refractivity contribution in [3.63, 3.8) is 0 Å². The second-order valence-electron chi connectivity index (χ2n) is 4.29. The maximum atomic E-state index is 11.5. The Kier molecular flexibility index (Phi) is 3.33. The molecule has 1 atom stereocenters. The van der Waals surface area contributed by atoms with Gasteiger partial charge in [0.1, 0.15) is 5.78 Å². The van der Waals surface area contributed by atoms with E-state index in [1.165, 1.54) is 0 Å². The molecule has 0 aromatic carbocycles. The van der Waals surface area contributed by atoms with E-state index in [1.807, 2.05) is 6.92 Å². The highest BCUT2D eigenvalue weighted by Crippen LogP contribution is 2.17. The molecule has 0 saturated carbocycles. The molecule has 1 saturated heterocycles. The summed E-state index contributed by atoms with van der Waals surface area (Å²) in [5.74, 6) is 1.87. The van der Waals surface area contributed by atoms with Crippen LogP contribution in [0.2, 0.25) is 0 Å². The predicted molar refractivity (Wildman–Crippen MR) is 57.7 cm³/mol. The summed E-state index contributed by atoms with van der Waals surface area (Å²) in [6.45, 7) is 6.14. The molecule has 0 amide bonds. The van der Waals surface area contributed by atoms with E-state index in [1.54, 1.807) is 0 Å². The van der Waals surface area contributed by atoms with Crippen LogP contribution in [0.25, 0.3) is 0 Å². The number of ketones is 1. The fourth-order valence-electron chi connectivity index (χ4n) is 2.07. The lowest BCUT2D eigenvalue weighted by Crippen LogP contribution is -2.40. The summed E-state index contributed by atoms with van der Waals surface area (Å²) >= 11 is 0. The van der Waals surface area contributed by atoms with E-state index in [2.05, 4.69) is 22.0 Å². The van der Waals surface area contributed by atoms with E-state index >= 15 is 0 Å². The third-order valence-corrected chi connectivity index (χ3v) is 3.03. The summed E-state index contributed by atoms with van der Waals surface area (Å²) in [6.07, 6.45) is 1.56. The third kappa shape index (κ3) is 2.47. The maximum Gasteiger partial charge on any atom is 0.240 e. The van der Waals surface area contributed by atoms with Crippen LogP contribution in [0.4, 0.5) is 0 Å². The zero-order chi connectivity index (χ0) is 11.5. The van der Waals surface area contributed by atoms with Crippen LogP contribution < -0.4 is 0 Å². The number of hydrogen-bond donors (Lipinski definition) is 0. The Labute approximate surface area is 94.8 Å². The largest absolute Gasteiger partial charge is 0.338 e. The van der Waals surface area contributed by atoms with Crippen molar-refractivity contribution in [1.29, 1.82) is 0 Å². The van der Waals surface area contributed by atoms with Crippen LogP contribution in [0, 0.1) is 12.8 Å². The molecule has 0 bridgehead atoms. The van der Waals surface area contributed by atoms with Crippen LogP contribution in [0.3, 0.4) is 0 Å². The van der Waals surface area contributed by atoms with Crippen molar-refractivity contribution < 1.29 is 9.32 Å². The fraction of sp³-hybridized carbons (Fsp3) is 0.727. The van der Waals surface area contributed by atoms with Gasteiger partial charge in [0.05, 0.1) is 6.54 Å². The van der Waals surface area contributed by atoms with Crippen LogP contribution in [-0.2, 0) is 11.3 Å². The molecule has 88 valence electrons. The van der Waals surface area contributed by atoms with E-state index in [4.69, 9.17) is 4.52 Å². The first-order chi connectivity index (χ1) is 7.69. The minimum Gasteiger partial charge on any atom is -0.338 e. The number of rotatable bonds is 3. The zero-order valence-corrected chi connectivity index (χ0v) is 9.77. The number of Topliss-reactive ketones (excluding diaryl/α,β-unsaturated/α-hetero) is 1. The molecule has 5 nitrogen and oxygen atoms in total. The zero-order valence-electron chi connectivity index (χ0n) is 9.77. The molecule has 5 heteroatoms. The SMILES string of the molecule is CCC1CN(Cc2nc(C)no2)CCC1=O. The molecule has 0 radical (unpaired) electrons. The molecule has 1 aromatic rings. The van der Waals surface area contributed by atoms with Gasteiger partial charge >= 0.3 is 0 Å². The summed E-state index contributed by atoms with van der Waals surface area (Å²) in [7, 11) is 0. The average Bonchev–Trinajstić information content (AvgIpc) is 2.67. The van der Waals surface area contributed by atoms with Gasteiger partial charge in [0, 0.05) is 25.4 Å². The van der Waals surface area contributed by atoms with Crippen LogP contribution in [-0.4, -0.2) is 33.9 Å². The molecular weight excluding hydrogens is 206 g/mol. The van der Waals surface area contributed by atoms with E-state index in [9.17, 15) is 4.79 Å². The van der Waals surface area contributed by atoms with Gasteiger partial charge in [-0.2, -0.15) is 4.98 Å². The Morgan fingerprint density at radius 1 is 1.56 bits per heavy atom. The molecule has 16 heavy (non-hydrogen) atoms. The summed E-state index contributed by atoms with van der Waals surface area (Å²) in [5, 5.41) is 3.76. The number of carbonyl (C=O) groups is 1. The van der Waals surface area contributed by atoms with Gasteiger partial charge in [-0.05, 0) is 13.3 Å². The molecule has 2 rings (SSSR count). The van der Waals surface area contributed by atoms with Gasteiger partial charge in [-0.3, -0.25) is 9.69 Å². The van der Waals surface area contributed by atoms with Gasteiger partial charge < -0.3 is 4.52 Å². The van der Waals surface area contributed by atoms with Crippen molar-refractivity contribution in [2.75, 3.05) is 13.1 Å². The highest BCUT2D eigenvalue weighted by molar-refractivity contribution is 5.82. The van der Waals surface area contributed by atoms with E-state index in [0.717, 1.165) is 19.5 Å². The van der Waals surface area contributed by atoms with Gasteiger partial charge in [-0.25, -0.2) is 0 Å². The quantitative estimate of drug-likeness (QED) is 0.770. The lowest BCUT2D eigenvalue weighted by atomic mass is 9.94. The lowest BCUT2D eigenvalue weighted by Gasteiger charge is -2.29. The second-order valence-corrected chi connectivity index (χ2v) is 4.29. The number of hydrogen-bond acceptors (Lipinski definition) is 5. The monoisotopic (exact) mass is 223 g/mol. The van der Waals surface area contributed by atoms with Crippen LogP contribution in [0.5, 0.6) is 0 Å². The molecule has 1 aromatic heterocycles. The highest BCUT2D eigenvalue weighted by Gasteiger charge is 2.26. The van der Waals surface area contributed by atoms with Crippen molar-refractivity contribution in [3.8, 4) is 0 Å². The minimum absolute atomic E-state index is 0.178. The van der Waals surface area contributed by atoms with Crippen LogP contribution >= 0.6 is 0 Å². The fourth-order valence-corrected chi connectivity index (χ4v) is 2.07. The van der Waals surface area contributed by atoms with Gasteiger partial charge in [0.25, 0.3) is 0 Å². The summed E-state index contributed by atoms with van der Waals surface area (Å²) < 4.78 is 5.08. The van der Waals surface area contributed by atoms with Crippen LogP contribution in [0.1, 0.15) is 31.5 Å². The number of carbonyl (C=O) groups excluding carboxylic acids is 1. The molecule has 2 heterocycles. The van der Waals surface area contributed by atoms with E-state index in [0.29, 0.717) is 30.5 Å². The Bertz CT molecular complexity index is 375. The van der Waals surface area contributed by atoms with Gasteiger partial charge in [-0.1, -0.05) is 12.1 Å². The van der Waals surface area contributed by atoms with Crippen molar-refractivity contribution in [2.45, 2.75) is 33.2 Å². The number of aryl methyl sites for hydroxylation is 1. The Morgan fingerprint density at radius 3 is 3.00 bits per heavy atom. The predicted octanol–water partition coefficient (Wildman–Crippen LogP) is 1.18. The summed E-state index contributed by atoms with van der Waals surface area (Å²) in [5.41, 5.74) is 0. The standard InChI is InChI=1S/C11H17N3O2/c1-3-9-6-14(5-4-10(9)15)7-11-12-8(2)13-16-11/h9H,3-7H2,1-2H3. The summed E-state index contributed by atoms with van der Waals surface area (Å²) in [4.78, 5) is 17.9. The smallest absolute Gasteiger partial charge is 0.240 e. The lowest BCUT2D eigenvalue weighted by molar-refractivity contribution is -0.126. The molecule has 1 fully saturated rings. The molecular formula is C11H17N3O2. The maximum absolute atomic E-state index is 11.5. The minimum atomic E-state index is 0.178. The average molecular weight is 223 g/mol. The van der Waals surface area contributed by atoms with Crippen molar-refractivity contribution in [2.24, 2.45) is 5.92 Å². The van der Waals surface area contributed by atoms with Gasteiger partial charge in [-0.15, -0.1) is 0 Å². The van der Waals surface area contributed by atoms with Crippen molar-refractivity contribution >= 4 is 5.78 Å². The first kappa shape index (κ1) is 11.3. The number of likely N-dealkylation sites (tertiary alicyclic amines) is 1. The molecule has 1 aliphatic heterocycles. The van der Waals surface area contributed by atoms with Crippen molar-refractivity contribution in [3.05, 3.63) is 11.7 Å². The first-order valence-electron chi connectivity index (χ1n) is 5.73. The summed E-state index contributed by atoms with van der Waals surface area (Å²) in [6, 6.07) is 0. The second kappa shape index (κ2) is 4.74. The van der Waals surface area contributed by atoms with Gasteiger partial charge in [0.15, 0.2) is 5.82 Å². The number of aromatic nitrogens is 2. The van der Waals surface area contributed by atoms with Crippen molar-refractivity contribution in [1.82, 2.24) is 15.0 Å². The molecule has 1 aliphatic rings. The Hall–Kier alpha value is -1.23. The highest BCUT2D eigenvalue weighted by atomic mass is 16.5. The Balaban J connectivity index is 1.93. The number of nitrogens with zero attached hydrogens (tertiary/aromatic N) is 3. The van der Waals surface area contributed by atoms with E-state index < -0.39 is 0 Å². The number of piperidine rings is 1. The molecule has 1 unspecified atom stereocenters. The normalized spacial score (nSPS) is 22.6. The molecule has 0 aliphatic carbocycles. The molecule has 0 N–H and O–H groups in total. The topological polar surface area (TPSA) is 59.2 Å². The molecule has 0 spiro atoms. The van der Waals surface area contributed by atoms with Gasteiger partial charge in [0.2, 0.25) is 5.89 Å². The van der Waals surface area contributed by atoms with E-state index in [-0.39, 0.29) is 5.92 Å². The Morgan fingerprint density at radius 2 is 2.38 bits per heavy atom.